The van der Waals surface area contributed by atoms with E-state index in [4.69, 9.17) is 10.6 Å². The molecule has 0 saturated heterocycles. The van der Waals surface area contributed by atoms with Gasteiger partial charge < -0.3 is 9.57 Å². The standard InChI is InChI=1S/C8H11N3O3/c1-3-13-7(12)6-4-10-8(14-9)11-5(6)2/h4H,3,9H2,1-2H3. The predicted molar refractivity (Wildman–Crippen MR) is 47.5 cm³/mol. The summed E-state index contributed by atoms with van der Waals surface area (Å²) in [5, 5.41) is 0. The largest absolute Gasteiger partial charge is 0.462 e. The first-order valence-electron chi connectivity index (χ1n) is 4.06. The van der Waals surface area contributed by atoms with Crippen LogP contribution in [0, 0.1) is 6.92 Å². The lowest BCUT2D eigenvalue weighted by Gasteiger charge is -2.04. The maximum absolute atomic E-state index is 11.3. The minimum absolute atomic E-state index is 0.0237. The fourth-order valence-electron chi connectivity index (χ4n) is 0.912. The molecule has 0 bridgehead atoms. The molecule has 0 aliphatic heterocycles. The van der Waals surface area contributed by atoms with Gasteiger partial charge in [-0.3, -0.25) is 0 Å². The van der Waals surface area contributed by atoms with Gasteiger partial charge in [-0.05, 0) is 13.8 Å². The second-order valence-corrected chi connectivity index (χ2v) is 2.49. The van der Waals surface area contributed by atoms with Crippen molar-refractivity contribution < 1.29 is 14.4 Å². The number of carbonyl (C=O) groups is 1. The predicted octanol–water partition coefficient (Wildman–Crippen LogP) is 0.214. The monoisotopic (exact) mass is 197 g/mol. The lowest BCUT2D eigenvalue weighted by atomic mass is 10.2. The molecule has 0 atom stereocenters. The van der Waals surface area contributed by atoms with Gasteiger partial charge in [-0.15, -0.1) is 0 Å². The molecule has 6 heteroatoms. The van der Waals surface area contributed by atoms with E-state index in [0.717, 1.165) is 0 Å². The Labute approximate surface area is 81.0 Å². The number of hydrogen-bond donors (Lipinski definition) is 1. The van der Waals surface area contributed by atoms with Gasteiger partial charge in [0.15, 0.2) is 0 Å². The maximum Gasteiger partial charge on any atom is 0.341 e. The zero-order chi connectivity index (χ0) is 10.6. The third kappa shape index (κ3) is 2.17. The third-order valence-corrected chi connectivity index (χ3v) is 1.56. The molecular weight excluding hydrogens is 186 g/mol. The Morgan fingerprint density at radius 3 is 2.86 bits per heavy atom. The van der Waals surface area contributed by atoms with E-state index in [2.05, 4.69) is 14.8 Å². The number of nitrogens with zero attached hydrogens (tertiary/aromatic N) is 2. The van der Waals surface area contributed by atoms with Crippen molar-refractivity contribution in [3.63, 3.8) is 0 Å². The summed E-state index contributed by atoms with van der Waals surface area (Å²) in [6, 6.07) is 0.0237. The average Bonchev–Trinajstić information content (AvgIpc) is 2.17. The van der Waals surface area contributed by atoms with Gasteiger partial charge >= 0.3 is 12.0 Å². The molecule has 1 aromatic rings. The summed E-state index contributed by atoms with van der Waals surface area (Å²) >= 11 is 0. The number of nitrogens with two attached hydrogens (primary N) is 1. The number of hydrogen-bond acceptors (Lipinski definition) is 6. The molecular formula is C8H11N3O3. The van der Waals surface area contributed by atoms with Gasteiger partial charge in [-0.25, -0.2) is 9.78 Å². The van der Waals surface area contributed by atoms with Gasteiger partial charge in [-0.1, -0.05) is 0 Å². The highest BCUT2D eigenvalue weighted by Crippen LogP contribution is 2.08. The fourth-order valence-corrected chi connectivity index (χ4v) is 0.912. The summed E-state index contributed by atoms with van der Waals surface area (Å²) in [6.07, 6.45) is 1.32. The van der Waals surface area contributed by atoms with Crippen LogP contribution in [0.2, 0.25) is 0 Å². The van der Waals surface area contributed by atoms with Crippen LogP contribution in [0.3, 0.4) is 0 Å². The number of rotatable bonds is 3. The van der Waals surface area contributed by atoms with Gasteiger partial charge in [0.25, 0.3) is 0 Å². The van der Waals surface area contributed by atoms with Crippen LogP contribution >= 0.6 is 0 Å². The number of aryl methyl sites for hydroxylation is 1. The maximum atomic E-state index is 11.3. The Kier molecular flexibility index (Phi) is 3.35. The molecule has 6 nitrogen and oxygen atoms in total. The van der Waals surface area contributed by atoms with Crippen LogP contribution in [-0.4, -0.2) is 22.5 Å². The number of aromatic nitrogens is 2. The van der Waals surface area contributed by atoms with Crippen molar-refractivity contribution in [3.8, 4) is 6.01 Å². The van der Waals surface area contributed by atoms with E-state index in [-0.39, 0.29) is 6.01 Å². The second-order valence-electron chi connectivity index (χ2n) is 2.49. The Morgan fingerprint density at radius 2 is 2.36 bits per heavy atom. The van der Waals surface area contributed by atoms with Crippen molar-refractivity contribution in [2.24, 2.45) is 5.90 Å². The summed E-state index contributed by atoms with van der Waals surface area (Å²) in [5.41, 5.74) is 0.784. The van der Waals surface area contributed by atoms with Crippen molar-refractivity contribution in [1.82, 2.24) is 9.97 Å². The van der Waals surface area contributed by atoms with Crippen LogP contribution in [0.25, 0.3) is 0 Å². The van der Waals surface area contributed by atoms with E-state index in [1.165, 1.54) is 6.20 Å². The van der Waals surface area contributed by atoms with Crippen LogP contribution in [0.15, 0.2) is 6.20 Å². The molecule has 0 amide bonds. The molecule has 14 heavy (non-hydrogen) atoms. The molecule has 0 spiro atoms. The fraction of sp³-hybridized carbons (Fsp3) is 0.375. The highest BCUT2D eigenvalue weighted by molar-refractivity contribution is 5.90. The molecule has 0 unspecified atom stereocenters. The number of ether oxygens (including phenoxy) is 1. The molecule has 1 aromatic heterocycles. The van der Waals surface area contributed by atoms with E-state index in [1.807, 2.05) is 0 Å². The lowest BCUT2D eigenvalue weighted by molar-refractivity contribution is 0.0524. The first-order chi connectivity index (χ1) is 6.69. The molecule has 0 aromatic carbocycles. The van der Waals surface area contributed by atoms with E-state index in [1.54, 1.807) is 13.8 Å². The molecule has 0 radical (unpaired) electrons. The Morgan fingerprint density at radius 1 is 1.64 bits per heavy atom. The molecule has 0 fully saturated rings. The normalized spacial score (nSPS) is 9.64. The summed E-state index contributed by atoms with van der Waals surface area (Å²) in [7, 11) is 0. The van der Waals surface area contributed by atoms with Crippen LogP contribution < -0.4 is 10.7 Å². The van der Waals surface area contributed by atoms with Crippen LogP contribution in [0.5, 0.6) is 6.01 Å². The quantitative estimate of drug-likeness (QED) is 0.550. The molecule has 0 aliphatic carbocycles. The summed E-state index contributed by atoms with van der Waals surface area (Å²) in [4.78, 5) is 23.1. The minimum Gasteiger partial charge on any atom is -0.462 e. The summed E-state index contributed by atoms with van der Waals surface area (Å²) < 4.78 is 4.79. The van der Waals surface area contributed by atoms with E-state index in [0.29, 0.717) is 17.9 Å². The highest BCUT2D eigenvalue weighted by Gasteiger charge is 2.12. The van der Waals surface area contributed by atoms with E-state index < -0.39 is 5.97 Å². The van der Waals surface area contributed by atoms with Gasteiger partial charge in [0.1, 0.15) is 0 Å². The first-order valence-corrected chi connectivity index (χ1v) is 4.06. The number of carbonyl (C=O) groups excluding carboxylic acids is 1. The minimum atomic E-state index is -0.450. The Balaban J connectivity index is 2.94. The van der Waals surface area contributed by atoms with Crippen molar-refractivity contribution in [2.45, 2.75) is 13.8 Å². The second kappa shape index (κ2) is 4.52. The van der Waals surface area contributed by atoms with Gasteiger partial charge in [0.05, 0.1) is 17.9 Å². The van der Waals surface area contributed by atoms with E-state index in [9.17, 15) is 4.79 Å². The summed E-state index contributed by atoms with van der Waals surface area (Å²) in [6.45, 7) is 3.69. The zero-order valence-corrected chi connectivity index (χ0v) is 7.98. The smallest absolute Gasteiger partial charge is 0.341 e. The average molecular weight is 197 g/mol. The van der Waals surface area contributed by atoms with Gasteiger partial charge in [-0.2, -0.15) is 10.9 Å². The van der Waals surface area contributed by atoms with E-state index >= 15 is 0 Å². The topological polar surface area (TPSA) is 87.3 Å². The third-order valence-electron chi connectivity index (χ3n) is 1.56. The first kappa shape index (κ1) is 10.4. The molecule has 1 heterocycles. The highest BCUT2D eigenvalue weighted by atomic mass is 16.6. The Hall–Kier alpha value is -1.69. The van der Waals surface area contributed by atoms with Gasteiger partial charge in [0.2, 0.25) is 0 Å². The van der Waals surface area contributed by atoms with Crippen LogP contribution in [0.4, 0.5) is 0 Å². The molecule has 2 N–H and O–H groups in total. The Bertz CT molecular complexity index is 341. The molecule has 1 rings (SSSR count). The lowest BCUT2D eigenvalue weighted by Crippen LogP contribution is -2.11. The van der Waals surface area contributed by atoms with Crippen LogP contribution in [-0.2, 0) is 4.74 Å². The molecule has 0 saturated carbocycles. The zero-order valence-electron chi connectivity index (χ0n) is 7.98. The van der Waals surface area contributed by atoms with Crippen LogP contribution in [0.1, 0.15) is 23.0 Å². The molecule has 76 valence electrons. The van der Waals surface area contributed by atoms with Gasteiger partial charge in [0, 0.05) is 6.20 Å². The van der Waals surface area contributed by atoms with Crippen molar-refractivity contribution in [3.05, 3.63) is 17.5 Å². The number of esters is 1. The summed E-state index contributed by atoms with van der Waals surface area (Å²) in [5.74, 6) is 4.41. The SMILES string of the molecule is CCOC(=O)c1cnc(ON)nc1C. The van der Waals surface area contributed by atoms with Crippen molar-refractivity contribution in [1.29, 1.82) is 0 Å². The molecule has 0 aliphatic rings. The van der Waals surface area contributed by atoms with Crippen molar-refractivity contribution >= 4 is 5.97 Å². The van der Waals surface area contributed by atoms with Crippen molar-refractivity contribution in [2.75, 3.05) is 6.61 Å².